The Bertz CT molecular complexity index is 1060. The molecule has 24 heavy (non-hydrogen) atoms. The van der Waals surface area contributed by atoms with Crippen LogP contribution in [0.15, 0.2) is 24.4 Å². The Morgan fingerprint density at radius 1 is 0.917 bits per heavy atom. The third kappa shape index (κ3) is 2.35. The third-order valence-corrected chi connectivity index (χ3v) is 4.62. The maximum Gasteiger partial charge on any atom is 0.181 e. The average Bonchev–Trinajstić information content (AvgIpc) is 3.02. The number of aromatic nitrogens is 6. The maximum atomic E-state index is 4.76. The van der Waals surface area contributed by atoms with Crippen LogP contribution in [0, 0.1) is 13.8 Å². The molecule has 0 spiro atoms. The van der Waals surface area contributed by atoms with Crippen LogP contribution in [0.3, 0.4) is 0 Å². The lowest BCUT2D eigenvalue weighted by Gasteiger charge is -2.02. The fraction of sp³-hybridized carbons (Fsp3) is 0.333. The van der Waals surface area contributed by atoms with Crippen LogP contribution in [0.4, 0.5) is 0 Å². The molecule has 0 saturated heterocycles. The molecular weight excluding hydrogens is 300 g/mol. The van der Waals surface area contributed by atoms with Gasteiger partial charge in [-0.3, -0.25) is 0 Å². The summed E-state index contributed by atoms with van der Waals surface area (Å²) in [4.78, 5) is 18.3. The molecule has 0 atom stereocenters. The van der Waals surface area contributed by atoms with Gasteiger partial charge < -0.3 is 9.13 Å². The van der Waals surface area contributed by atoms with E-state index in [1.807, 2.05) is 24.7 Å². The van der Waals surface area contributed by atoms with Gasteiger partial charge in [-0.1, -0.05) is 6.07 Å². The summed E-state index contributed by atoms with van der Waals surface area (Å²) >= 11 is 0. The minimum absolute atomic E-state index is 0.752. The Kier molecular flexibility index (Phi) is 3.33. The predicted molar refractivity (Wildman–Crippen MR) is 93.9 cm³/mol. The Hall–Kier alpha value is -2.76. The molecular formula is C18H20N6. The van der Waals surface area contributed by atoms with E-state index in [2.05, 4.69) is 51.7 Å². The average molecular weight is 320 g/mol. The summed E-state index contributed by atoms with van der Waals surface area (Å²) in [6.07, 6.45) is 3.42. The summed E-state index contributed by atoms with van der Waals surface area (Å²) in [6, 6.07) is 6.37. The summed E-state index contributed by atoms with van der Waals surface area (Å²) < 4.78 is 4.16. The van der Waals surface area contributed by atoms with Crippen molar-refractivity contribution < 1.29 is 0 Å². The summed E-state index contributed by atoms with van der Waals surface area (Å²) in [7, 11) is 4.04. The second-order valence-electron chi connectivity index (χ2n) is 6.29. The van der Waals surface area contributed by atoms with E-state index in [1.165, 1.54) is 5.56 Å². The highest BCUT2D eigenvalue weighted by Gasteiger charge is 2.11. The zero-order chi connectivity index (χ0) is 16.8. The van der Waals surface area contributed by atoms with E-state index in [1.54, 1.807) is 0 Å². The van der Waals surface area contributed by atoms with Gasteiger partial charge in [-0.15, -0.1) is 0 Å². The van der Waals surface area contributed by atoms with Crippen LogP contribution in [0.25, 0.3) is 22.2 Å². The molecule has 0 fully saturated rings. The molecule has 0 bridgehead atoms. The number of imidazole rings is 2. The molecule has 0 N–H and O–H groups in total. The van der Waals surface area contributed by atoms with Gasteiger partial charge in [0.25, 0.3) is 0 Å². The van der Waals surface area contributed by atoms with Crippen molar-refractivity contribution in [2.24, 2.45) is 14.1 Å². The minimum atomic E-state index is 0.752. The lowest BCUT2D eigenvalue weighted by atomic mass is 10.2. The van der Waals surface area contributed by atoms with Crippen LogP contribution >= 0.6 is 0 Å². The topological polar surface area (TPSA) is 61.4 Å². The highest BCUT2D eigenvalue weighted by Crippen LogP contribution is 2.18. The largest absolute Gasteiger partial charge is 0.331 e. The molecule has 0 unspecified atom stereocenters. The third-order valence-electron chi connectivity index (χ3n) is 4.62. The number of fused-ring (bicyclic) bond motifs is 2. The first-order valence-electron chi connectivity index (χ1n) is 8.10. The van der Waals surface area contributed by atoms with Gasteiger partial charge >= 0.3 is 0 Å². The van der Waals surface area contributed by atoms with Crippen molar-refractivity contribution in [3.8, 4) is 0 Å². The molecule has 4 aromatic rings. The van der Waals surface area contributed by atoms with Crippen LogP contribution in [0.1, 0.15) is 23.0 Å². The van der Waals surface area contributed by atoms with Crippen molar-refractivity contribution in [1.29, 1.82) is 0 Å². The Morgan fingerprint density at radius 2 is 1.75 bits per heavy atom. The van der Waals surface area contributed by atoms with Gasteiger partial charge in [-0.25, -0.2) is 19.9 Å². The molecule has 6 nitrogen and oxygen atoms in total. The lowest BCUT2D eigenvalue weighted by molar-refractivity contribution is 0.761. The van der Waals surface area contributed by atoms with Crippen LogP contribution in [-0.2, 0) is 26.9 Å². The first-order chi connectivity index (χ1) is 11.5. The number of benzene rings is 1. The van der Waals surface area contributed by atoms with Gasteiger partial charge in [-0.05, 0) is 31.5 Å². The van der Waals surface area contributed by atoms with Crippen molar-refractivity contribution in [1.82, 2.24) is 29.1 Å². The summed E-state index contributed by atoms with van der Waals surface area (Å²) in [5.41, 5.74) is 5.16. The van der Waals surface area contributed by atoms with E-state index in [0.29, 0.717) is 0 Å². The zero-order valence-corrected chi connectivity index (χ0v) is 14.4. The van der Waals surface area contributed by atoms with Crippen molar-refractivity contribution in [3.63, 3.8) is 0 Å². The number of hydrogen-bond acceptors (Lipinski definition) is 4. The van der Waals surface area contributed by atoms with E-state index in [-0.39, 0.29) is 0 Å². The van der Waals surface area contributed by atoms with Crippen molar-refractivity contribution in [2.75, 3.05) is 0 Å². The number of nitrogens with zero attached hydrogens (tertiary/aromatic N) is 6. The minimum Gasteiger partial charge on any atom is -0.331 e. The SMILES string of the molecule is Cc1ccc2c(c1)nc(CCc1ncc3c(n1)nc(C)n3C)n2C. The predicted octanol–water partition coefficient (Wildman–Crippen LogP) is 2.65. The molecule has 6 heteroatoms. The summed E-state index contributed by atoms with van der Waals surface area (Å²) in [6.45, 7) is 4.06. The molecule has 1 aromatic carbocycles. The molecule has 0 amide bonds. The molecule has 3 heterocycles. The first-order valence-corrected chi connectivity index (χ1v) is 8.10. The highest BCUT2D eigenvalue weighted by molar-refractivity contribution is 5.76. The molecule has 3 aromatic heterocycles. The summed E-state index contributed by atoms with van der Waals surface area (Å²) in [5, 5.41) is 0. The van der Waals surface area contributed by atoms with Crippen LogP contribution < -0.4 is 0 Å². The van der Waals surface area contributed by atoms with Gasteiger partial charge in [0.05, 0.1) is 17.2 Å². The fourth-order valence-electron chi connectivity index (χ4n) is 3.05. The fourth-order valence-corrected chi connectivity index (χ4v) is 3.05. The van der Waals surface area contributed by atoms with E-state index < -0.39 is 0 Å². The number of hydrogen-bond donors (Lipinski definition) is 0. The van der Waals surface area contributed by atoms with E-state index in [4.69, 9.17) is 4.98 Å². The number of rotatable bonds is 3. The van der Waals surface area contributed by atoms with Crippen molar-refractivity contribution in [2.45, 2.75) is 26.7 Å². The molecule has 4 rings (SSSR count). The molecule has 0 saturated carbocycles. The number of aryl methyl sites for hydroxylation is 6. The Balaban J connectivity index is 1.61. The quantitative estimate of drug-likeness (QED) is 0.582. The van der Waals surface area contributed by atoms with Gasteiger partial charge in [0.2, 0.25) is 0 Å². The molecule has 0 radical (unpaired) electrons. The molecule has 122 valence electrons. The Labute approximate surface area is 140 Å². The van der Waals surface area contributed by atoms with Crippen LogP contribution in [0.5, 0.6) is 0 Å². The summed E-state index contributed by atoms with van der Waals surface area (Å²) in [5.74, 6) is 2.81. The van der Waals surface area contributed by atoms with Crippen LogP contribution in [-0.4, -0.2) is 29.1 Å². The van der Waals surface area contributed by atoms with Gasteiger partial charge in [-0.2, -0.15) is 0 Å². The van der Waals surface area contributed by atoms with E-state index >= 15 is 0 Å². The standard InChI is InChI=1S/C18H20N6/c1-11-5-6-14-13(9-11)21-17(24(14)4)8-7-16-19-10-15-18(22-16)20-12(2)23(15)3/h5-6,9-10H,7-8H2,1-4H3. The lowest BCUT2D eigenvalue weighted by Crippen LogP contribution is -2.03. The second kappa shape index (κ2) is 5.40. The monoisotopic (exact) mass is 320 g/mol. The molecule has 0 aliphatic rings. The first kappa shape index (κ1) is 14.8. The molecule has 0 aliphatic carbocycles. The molecule has 0 aliphatic heterocycles. The Morgan fingerprint density at radius 3 is 2.58 bits per heavy atom. The van der Waals surface area contributed by atoms with Crippen molar-refractivity contribution >= 4 is 22.2 Å². The normalized spacial score (nSPS) is 11.7. The van der Waals surface area contributed by atoms with Gasteiger partial charge in [0.15, 0.2) is 5.65 Å². The van der Waals surface area contributed by atoms with E-state index in [0.717, 1.165) is 52.5 Å². The maximum absolute atomic E-state index is 4.76. The smallest absolute Gasteiger partial charge is 0.181 e. The van der Waals surface area contributed by atoms with Gasteiger partial charge in [0, 0.05) is 26.9 Å². The zero-order valence-electron chi connectivity index (χ0n) is 14.4. The van der Waals surface area contributed by atoms with Crippen LogP contribution in [0.2, 0.25) is 0 Å². The second-order valence-corrected chi connectivity index (χ2v) is 6.29. The van der Waals surface area contributed by atoms with Crippen molar-refractivity contribution in [3.05, 3.63) is 47.4 Å². The highest BCUT2D eigenvalue weighted by atomic mass is 15.1. The van der Waals surface area contributed by atoms with E-state index in [9.17, 15) is 0 Å². The van der Waals surface area contributed by atoms with Gasteiger partial charge in [0.1, 0.15) is 23.0 Å².